The molecule has 0 aromatic heterocycles. The predicted octanol–water partition coefficient (Wildman–Crippen LogP) is 25.2. The van der Waals surface area contributed by atoms with Crippen molar-refractivity contribution < 1.29 is 80.2 Å². The molecule has 103 heavy (non-hydrogen) atoms. The van der Waals surface area contributed by atoms with Gasteiger partial charge in [-0.15, -0.1) is 0 Å². The van der Waals surface area contributed by atoms with Gasteiger partial charge in [-0.2, -0.15) is 0 Å². The zero-order chi connectivity index (χ0) is 76.0. The van der Waals surface area contributed by atoms with E-state index in [1.807, 2.05) is 0 Å². The summed E-state index contributed by atoms with van der Waals surface area (Å²) in [5.74, 6) is 0.984. The molecule has 0 spiro atoms. The number of carbonyl (C=O) groups is 4. The normalized spacial score (nSPS) is 14.2. The largest absolute Gasteiger partial charge is 0.472 e. The van der Waals surface area contributed by atoms with Crippen LogP contribution in [-0.2, 0) is 65.4 Å². The van der Waals surface area contributed by atoms with Crippen molar-refractivity contribution in [3.63, 3.8) is 0 Å². The maximum absolute atomic E-state index is 13.1. The first kappa shape index (κ1) is 101. The highest BCUT2D eigenvalue weighted by Gasteiger charge is 2.30. The van der Waals surface area contributed by atoms with Gasteiger partial charge >= 0.3 is 39.5 Å². The lowest BCUT2D eigenvalue weighted by Crippen LogP contribution is -2.30. The molecule has 0 aliphatic carbocycles. The zero-order valence-corrected chi connectivity index (χ0v) is 69.7. The van der Waals surface area contributed by atoms with Crippen molar-refractivity contribution in [2.45, 2.75) is 453 Å². The van der Waals surface area contributed by atoms with E-state index in [1.54, 1.807) is 0 Å². The van der Waals surface area contributed by atoms with Crippen LogP contribution in [0.1, 0.15) is 434 Å². The lowest BCUT2D eigenvalue weighted by atomic mass is 10.00. The molecule has 0 aliphatic heterocycles. The van der Waals surface area contributed by atoms with Crippen LogP contribution in [0.3, 0.4) is 0 Å². The van der Waals surface area contributed by atoms with E-state index in [0.717, 1.165) is 120 Å². The van der Waals surface area contributed by atoms with Crippen LogP contribution < -0.4 is 0 Å². The van der Waals surface area contributed by atoms with Crippen LogP contribution in [-0.4, -0.2) is 96.7 Å². The van der Waals surface area contributed by atoms with Gasteiger partial charge in [-0.25, -0.2) is 9.13 Å². The van der Waals surface area contributed by atoms with Gasteiger partial charge in [0.15, 0.2) is 12.2 Å². The van der Waals surface area contributed by atoms with Gasteiger partial charge in [-0.1, -0.05) is 383 Å². The molecular formula is C84H164O17P2. The summed E-state index contributed by atoms with van der Waals surface area (Å²) in [6.07, 6.45) is 61.3. The number of esters is 4. The molecule has 3 unspecified atom stereocenters. The van der Waals surface area contributed by atoms with Gasteiger partial charge < -0.3 is 33.8 Å². The minimum absolute atomic E-state index is 0.107. The van der Waals surface area contributed by atoms with Crippen LogP contribution >= 0.6 is 15.6 Å². The van der Waals surface area contributed by atoms with Gasteiger partial charge in [0.1, 0.15) is 19.3 Å². The molecule has 6 atom stereocenters. The molecule has 612 valence electrons. The van der Waals surface area contributed by atoms with Crippen molar-refractivity contribution in [3.05, 3.63) is 0 Å². The highest BCUT2D eigenvalue weighted by atomic mass is 31.2. The van der Waals surface area contributed by atoms with Crippen molar-refractivity contribution >= 4 is 39.5 Å². The van der Waals surface area contributed by atoms with Crippen molar-refractivity contribution in [2.75, 3.05) is 39.6 Å². The Balaban J connectivity index is 5.16. The van der Waals surface area contributed by atoms with Crippen LogP contribution in [0.2, 0.25) is 0 Å². The number of ether oxygens (including phenoxy) is 4. The molecule has 3 N–H and O–H groups in total. The third-order valence-electron chi connectivity index (χ3n) is 19.9. The molecule has 0 saturated heterocycles. The van der Waals surface area contributed by atoms with Crippen molar-refractivity contribution in [2.24, 2.45) is 23.7 Å². The van der Waals surface area contributed by atoms with Gasteiger partial charge in [0.25, 0.3) is 0 Å². The van der Waals surface area contributed by atoms with E-state index in [0.29, 0.717) is 25.7 Å². The fourth-order valence-corrected chi connectivity index (χ4v) is 14.5. The second kappa shape index (κ2) is 72.9. The number of rotatable bonds is 81. The number of aliphatic hydroxyl groups is 1. The first-order chi connectivity index (χ1) is 49.6. The van der Waals surface area contributed by atoms with Gasteiger partial charge in [0.2, 0.25) is 0 Å². The van der Waals surface area contributed by atoms with Crippen molar-refractivity contribution in [3.8, 4) is 0 Å². The van der Waals surface area contributed by atoms with Gasteiger partial charge in [0.05, 0.1) is 26.4 Å². The molecule has 0 bridgehead atoms. The van der Waals surface area contributed by atoms with E-state index in [2.05, 4.69) is 55.4 Å². The average molecular weight is 1510 g/mol. The Morgan fingerprint density at radius 2 is 0.466 bits per heavy atom. The smallest absolute Gasteiger partial charge is 0.462 e. The summed E-state index contributed by atoms with van der Waals surface area (Å²) in [5.41, 5.74) is 0. The Morgan fingerprint density at radius 1 is 0.272 bits per heavy atom. The molecule has 0 aromatic carbocycles. The highest BCUT2D eigenvalue weighted by molar-refractivity contribution is 7.47. The fourth-order valence-electron chi connectivity index (χ4n) is 12.9. The maximum atomic E-state index is 13.1. The molecule has 0 aliphatic rings. The minimum atomic E-state index is -4.96. The van der Waals surface area contributed by atoms with E-state index < -0.39 is 97.5 Å². The van der Waals surface area contributed by atoms with Crippen molar-refractivity contribution in [1.82, 2.24) is 0 Å². The van der Waals surface area contributed by atoms with Crippen LogP contribution in [0.25, 0.3) is 0 Å². The lowest BCUT2D eigenvalue weighted by Gasteiger charge is -2.21. The summed E-state index contributed by atoms with van der Waals surface area (Å²) in [4.78, 5) is 73.1. The van der Waals surface area contributed by atoms with E-state index in [1.165, 1.54) is 231 Å². The van der Waals surface area contributed by atoms with E-state index in [4.69, 9.17) is 37.0 Å². The molecular weight excluding hydrogens is 1340 g/mol. The lowest BCUT2D eigenvalue weighted by molar-refractivity contribution is -0.161. The van der Waals surface area contributed by atoms with Crippen LogP contribution in [0, 0.1) is 23.7 Å². The Bertz CT molecular complexity index is 2010. The second-order valence-electron chi connectivity index (χ2n) is 31.9. The first-order valence-electron chi connectivity index (χ1n) is 43.2. The van der Waals surface area contributed by atoms with Crippen LogP contribution in [0.15, 0.2) is 0 Å². The summed E-state index contributed by atoms with van der Waals surface area (Å²) < 4.78 is 68.8. The predicted molar refractivity (Wildman–Crippen MR) is 423 cm³/mol. The maximum Gasteiger partial charge on any atom is 0.472 e. The Morgan fingerprint density at radius 3 is 0.689 bits per heavy atom. The molecule has 0 fully saturated rings. The van der Waals surface area contributed by atoms with Crippen LogP contribution in [0.5, 0.6) is 0 Å². The molecule has 0 saturated carbocycles. The summed E-state index contributed by atoms with van der Waals surface area (Å²) in [5, 5.41) is 10.7. The van der Waals surface area contributed by atoms with Gasteiger partial charge in [-0.3, -0.25) is 37.3 Å². The number of phosphoric ester groups is 2. The van der Waals surface area contributed by atoms with Gasteiger partial charge in [-0.05, 0) is 49.4 Å². The minimum Gasteiger partial charge on any atom is -0.462 e. The Hall–Kier alpha value is -1.94. The van der Waals surface area contributed by atoms with E-state index in [-0.39, 0.29) is 25.7 Å². The average Bonchev–Trinajstić information content (AvgIpc) is 0.909. The molecule has 0 amide bonds. The third kappa shape index (κ3) is 76.6. The molecule has 0 radical (unpaired) electrons. The first-order valence-corrected chi connectivity index (χ1v) is 46.2. The molecule has 17 nitrogen and oxygen atoms in total. The molecule has 0 heterocycles. The topological polar surface area (TPSA) is 237 Å². The Kier molecular flexibility index (Phi) is 71.5. The van der Waals surface area contributed by atoms with Crippen LogP contribution in [0.4, 0.5) is 0 Å². The highest BCUT2D eigenvalue weighted by Crippen LogP contribution is 2.45. The summed E-state index contributed by atoms with van der Waals surface area (Å²) >= 11 is 0. The zero-order valence-electron chi connectivity index (χ0n) is 68.0. The summed E-state index contributed by atoms with van der Waals surface area (Å²) in [7, 11) is -9.92. The fraction of sp³-hybridized carbons (Fsp3) is 0.952. The number of carbonyl (C=O) groups excluding carboxylic acids is 4. The standard InChI is InChI=1S/C84H164O17P2/c1-9-77(8)63-55-47-42-43-49-57-65-82(87)95-71-80(101-84(89)67-59-51-41-33-29-25-21-17-13-11-15-19-23-27-31-37-45-53-61-75(4)5)73-99-103(92,93)97-69-78(85)68-96-102(90,91)98-72-79(70-94-81(86)64-56-48-39-35-34-38-46-54-62-76(6)7)100-83(88)66-58-50-40-32-28-24-20-16-12-10-14-18-22-26-30-36-44-52-60-74(2)3/h74-80,85H,9-73H2,1-8H3,(H,90,91)(H,92,93)/t77?,78-,79-,80-/m1/s1. The SMILES string of the molecule is CCC(C)CCCCCCCCC(=O)OC[C@H](COP(=O)(O)OC[C@H](O)COP(=O)(O)OC[C@@H](COC(=O)CCCCCCCCCCC(C)C)OC(=O)CCCCCCCCCCCCCCCCCCCCC(C)C)OC(=O)CCCCCCCCCCCCCCCCCCCCC(C)C. The monoisotopic (exact) mass is 1510 g/mol. The summed E-state index contributed by atoms with van der Waals surface area (Å²) in [6, 6.07) is 0. The molecule has 19 heteroatoms. The molecule has 0 aromatic rings. The number of phosphoric acid groups is 2. The van der Waals surface area contributed by atoms with Gasteiger partial charge in [0, 0.05) is 25.7 Å². The Labute approximate surface area is 632 Å². The second-order valence-corrected chi connectivity index (χ2v) is 34.8. The number of aliphatic hydroxyl groups excluding tert-OH is 1. The number of unbranched alkanes of at least 4 members (excludes halogenated alkanes) is 46. The number of hydrogen-bond acceptors (Lipinski definition) is 15. The van der Waals surface area contributed by atoms with E-state index in [9.17, 15) is 43.2 Å². The summed E-state index contributed by atoms with van der Waals surface area (Å²) in [6.45, 7) is 14.3. The number of hydrogen-bond donors (Lipinski definition) is 3. The quantitative estimate of drug-likeness (QED) is 0.0222. The third-order valence-corrected chi connectivity index (χ3v) is 21.8. The van der Waals surface area contributed by atoms with Crippen molar-refractivity contribution in [1.29, 1.82) is 0 Å². The van der Waals surface area contributed by atoms with E-state index >= 15 is 0 Å². The molecule has 0 rings (SSSR count).